The maximum atomic E-state index is 4.51. The molecule has 0 unspecified atom stereocenters. The van der Waals surface area contributed by atoms with Crippen LogP contribution >= 0.6 is 36.6 Å². The zero-order chi connectivity index (χ0) is 11.0. The van der Waals surface area contributed by atoms with Gasteiger partial charge in [-0.1, -0.05) is 12.1 Å². The third kappa shape index (κ3) is 2.25. The topological polar surface area (TPSA) is 0 Å². The molecule has 0 amide bonds. The van der Waals surface area contributed by atoms with Crippen LogP contribution in [-0.2, 0) is 0 Å². The minimum Gasteiger partial charge on any atom is -0.143 e. The highest BCUT2D eigenvalue weighted by molar-refractivity contribution is 7.81. The first-order valence-electron chi connectivity index (χ1n) is 4.67. The summed E-state index contributed by atoms with van der Waals surface area (Å²) in [5.41, 5.74) is 2.41. The molecular formula is C12H12S3. The molecule has 0 aliphatic heterocycles. The number of aryl methyl sites for hydroxylation is 2. The van der Waals surface area contributed by atoms with E-state index in [1.165, 1.54) is 20.9 Å². The quantitative estimate of drug-likeness (QED) is 0.680. The van der Waals surface area contributed by atoms with Crippen LogP contribution in [-0.4, -0.2) is 0 Å². The highest BCUT2D eigenvalue weighted by atomic mass is 32.1. The van der Waals surface area contributed by atoms with E-state index in [-0.39, 0.29) is 0 Å². The fraction of sp³-hybridized carbons (Fsp3) is 0.167. The average molecular weight is 252 g/mol. The Hall–Kier alpha value is -0.380. The van der Waals surface area contributed by atoms with Crippen LogP contribution in [0.2, 0.25) is 0 Å². The van der Waals surface area contributed by atoms with Crippen LogP contribution in [0.15, 0.2) is 34.1 Å². The Morgan fingerprint density at radius 2 is 1.73 bits per heavy atom. The van der Waals surface area contributed by atoms with Crippen molar-refractivity contribution in [2.75, 3.05) is 0 Å². The van der Waals surface area contributed by atoms with Gasteiger partial charge in [-0.3, -0.25) is 0 Å². The Labute approximate surface area is 105 Å². The van der Waals surface area contributed by atoms with E-state index in [2.05, 4.69) is 63.4 Å². The van der Waals surface area contributed by atoms with Crippen molar-refractivity contribution in [2.24, 2.45) is 0 Å². The van der Waals surface area contributed by atoms with Crippen LogP contribution in [0, 0.1) is 13.8 Å². The van der Waals surface area contributed by atoms with Gasteiger partial charge in [0, 0.05) is 25.1 Å². The van der Waals surface area contributed by atoms with Gasteiger partial charge in [0.25, 0.3) is 0 Å². The molecule has 2 rings (SSSR count). The van der Waals surface area contributed by atoms with Crippen molar-refractivity contribution in [3.63, 3.8) is 0 Å². The van der Waals surface area contributed by atoms with E-state index in [1.807, 2.05) is 0 Å². The minimum absolute atomic E-state index is 1.02. The van der Waals surface area contributed by atoms with Crippen molar-refractivity contribution < 1.29 is 0 Å². The maximum absolute atomic E-state index is 4.51. The number of benzene rings is 1. The van der Waals surface area contributed by atoms with Gasteiger partial charge in [0.2, 0.25) is 0 Å². The highest BCUT2D eigenvalue weighted by Crippen LogP contribution is 2.38. The summed E-state index contributed by atoms with van der Waals surface area (Å²) in [6.07, 6.45) is 0. The first-order valence-corrected chi connectivity index (χ1v) is 6.38. The Balaban J connectivity index is 2.59. The number of hydrogen-bond acceptors (Lipinski definition) is 3. The van der Waals surface area contributed by atoms with Crippen molar-refractivity contribution in [2.45, 2.75) is 23.6 Å². The van der Waals surface area contributed by atoms with E-state index in [4.69, 9.17) is 0 Å². The van der Waals surface area contributed by atoms with Crippen LogP contribution in [0.1, 0.15) is 10.4 Å². The van der Waals surface area contributed by atoms with Crippen LogP contribution in [0.4, 0.5) is 0 Å². The smallest absolute Gasteiger partial charge is 0.0490 e. The second-order valence-electron chi connectivity index (χ2n) is 3.59. The molecule has 1 heterocycles. The first kappa shape index (κ1) is 11.1. The van der Waals surface area contributed by atoms with Gasteiger partial charge in [0.1, 0.15) is 0 Å². The molecule has 1 aromatic carbocycles. The standard InChI is InChI=1S/C12H12S3/c1-7-3-4-9(10(13)5-7)12-11(14)6-8(2)15-12/h3-6,13-14H,1-2H3. The van der Waals surface area contributed by atoms with Crippen molar-refractivity contribution in [1.29, 1.82) is 0 Å². The fourth-order valence-corrected chi connectivity index (χ4v) is 3.48. The van der Waals surface area contributed by atoms with E-state index < -0.39 is 0 Å². The fourth-order valence-electron chi connectivity index (χ4n) is 1.53. The molecule has 0 N–H and O–H groups in total. The van der Waals surface area contributed by atoms with Gasteiger partial charge in [0.05, 0.1) is 0 Å². The molecule has 15 heavy (non-hydrogen) atoms. The molecule has 0 saturated heterocycles. The Kier molecular flexibility index (Phi) is 3.14. The lowest BCUT2D eigenvalue weighted by molar-refractivity contribution is 1.36. The van der Waals surface area contributed by atoms with Crippen molar-refractivity contribution in [3.8, 4) is 10.4 Å². The van der Waals surface area contributed by atoms with E-state index >= 15 is 0 Å². The lowest BCUT2D eigenvalue weighted by Crippen LogP contribution is -1.79. The second-order valence-corrected chi connectivity index (χ2v) is 5.81. The van der Waals surface area contributed by atoms with Gasteiger partial charge in [-0.05, 0) is 31.5 Å². The van der Waals surface area contributed by atoms with Crippen molar-refractivity contribution in [3.05, 3.63) is 34.7 Å². The molecule has 0 aliphatic carbocycles. The molecule has 0 spiro atoms. The van der Waals surface area contributed by atoms with Gasteiger partial charge in [-0.2, -0.15) is 0 Å². The van der Waals surface area contributed by atoms with E-state index in [0.717, 1.165) is 9.79 Å². The SMILES string of the molecule is Cc1ccc(-c2sc(C)cc2S)c(S)c1. The largest absolute Gasteiger partial charge is 0.143 e. The van der Waals surface area contributed by atoms with Crippen LogP contribution in [0.3, 0.4) is 0 Å². The van der Waals surface area contributed by atoms with Gasteiger partial charge in [0.15, 0.2) is 0 Å². The molecule has 0 nitrogen and oxygen atoms in total. The predicted molar refractivity (Wildman–Crippen MR) is 73.7 cm³/mol. The Bertz CT molecular complexity index is 498. The molecular weight excluding hydrogens is 240 g/mol. The first-order chi connectivity index (χ1) is 7.08. The van der Waals surface area contributed by atoms with Gasteiger partial charge in [-0.15, -0.1) is 36.6 Å². The molecule has 1 aromatic heterocycles. The third-order valence-electron chi connectivity index (χ3n) is 2.23. The predicted octanol–water partition coefficient (Wildman–Crippen LogP) is 4.61. The summed E-state index contributed by atoms with van der Waals surface area (Å²) in [6, 6.07) is 8.40. The molecule has 2 aromatic rings. The second kappa shape index (κ2) is 4.24. The number of hydrogen-bond donors (Lipinski definition) is 2. The summed E-state index contributed by atoms with van der Waals surface area (Å²) in [5, 5.41) is 0. The zero-order valence-electron chi connectivity index (χ0n) is 8.61. The molecule has 0 bridgehead atoms. The van der Waals surface area contributed by atoms with Gasteiger partial charge >= 0.3 is 0 Å². The number of thiophene rings is 1. The molecule has 0 radical (unpaired) electrons. The van der Waals surface area contributed by atoms with Crippen LogP contribution < -0.4 is 0 Å². The van der Waals surface area contributed by atoms with Crippen molar-refractivity contribution in [1.82, 2.24) is 0 Å². The van der Waals surface area contributed by atoms with Gasteiger partial charge < -0.3 is 0 Å². The summed E-state index contributed by atoms with van der Waals surface area (Å²) in [5.74, 6) is 0. The van der Waals surface area contributed by atoms with E-state index in [1.54, 1.807) is 11.3 Å². The maximum Gasteiger partial charge on any atom is 0.0490 e. The Morgan fingerprint density at radius 3 is 2.27 bits per heavy atom. The summed E-state index contributed by atoms with van der Waals surface area (Å²) in [6.45, 7) is 4.17. The summed E-state index contributed by atoms with van der Waals surface area (Å²) in [7, 11) is 0. The molecule has 0 aliphatic rings. The molecule has 0 fully saturated rings. The summed E-state index contributed by atoms with van der Waals surface area (Å²) >= 11 is 10.8. The third-order valence-corrected chi connectivity index (χ3v) is 4.19. The zero-order valence-corrected chi connectivity index (χ0v) is 11.2. The number of rotatable bonds is 1. The number of thiol groups is 2. The monoisotopic (exact) mass is 252 g/mol. The lowest BCUT2D eigenvalue weighted by Gasteiger charge is -2.04. The Morgan fingerprint density at radius 1 is 1.00 bits per heavy atom. The van der Waals surface area contributed by atoms with Gasteiger partial charge in [-0.25, -0.2) is 0 Å². The summed E-state index contributed by atoms with van der Waals surface area (Å²) in [4.78, 5) is 4.55. The molecule has 78 valence electrons. The summed E-state index contributed by atoms with van der Waals surface area (Å²) < 4.78 is 0. The normalized spacial score (nSPS) is 10.7. The lowest BCUT2D eigenvalue weighted by atomic mass is 10.1. The van der Waals surface area contributed by atoms with E-state index in [9.17, 15) is 0 Å². The molecule has 0 atom stereocenters. The van der Waals surface area contributed by atoms with E-state index in [0.29, 0.717) is 0 Å². The highest BCUT2D eigenvalue weighted by Gasteiger charge is 2.09. The van der Waals surface area contributed by atoms with Crippen molar-refractivity contribution >= 4 is 36.6 Å². The average Bonchev–Trinajstić information content (AvgIpc) is 2.45. The van der Waals surface area contributed by atoms with Crippen LogP contribution in [0.25, 0.3) is 10.4 Å². The van der Waals surface area contributed by atoms with Crippen LogP contribution in [0.5, 0.6) is 0 Å². The molecule has 0 saturated carbocycles. The minimum atomic E-state index is 1.02. The molecule has 3 heteroatoms.